The van der Waals surface area contributed by atoms with Crippen molar-refractivity contribution in [3.05, 3.63) is 35.4 Å². The van der Waals surface area contributed by atoms with Gasteiger partial charge in [-0.3, -0.25) is 9.59 Å². The fraction of sp³-hybridized carbons (Fsp3) is 0.467. The number of carboxylic acids is 1. The van der Waals surface area contributed by atoms with Gasteiger partial charge in [-0.15, -0.1) is 0 Å². The number of rotatable bonds is 6. The van der Waals surface area contributed by atoms with Crippen LogP contribution in [-0.4, -0.2) is 23.5 Å². The van der Waals surface area contributed by atoms with Gasteiger partial charge in [-0.25, -0.2) is 0 Å². The quantitative estimate of drug-likeness (QED) is 0.827. The van der Waals surface area contributed by atoms with Crippen LogP contribution < -0.4 is 5.32 Å². The van der Waals surface area contributed by atoms with Gasteiger partial charge < -0.3 is 10.4 Å². The minimum Gasteiger partial charge on any atom is -0.481 e. The molecule has 0 spiro atoms. The molecule has 0 fully saturated rings. The average molecular weight is 263 g/mol. The number of carboxylic acid groups (broad SMARTS) is 1. The maximum absolute atomic E-state index is 11.7. The minimum atomic E-state index is -0.969. The standard InChI is InChI=1S/C15H21NO3/c1-10(2)9-16-14(17)8-13(15(18)19)12-6-4-11(3)5-7-12/h4-7,10,13H,8-9H2,1-3H3,(H,16,17)(H,18,19). The molecular formula is C15H21NO3. The van der Waals surface area contributed by atoms with Crippen molar-refractivity contribution in [2.24, 2.45) is 5.92 Å². The van der Waals surface area contributed by atoms with E-state index in [9.17, 15) is 14.7 Å². The van der Waals surface area contributed by atoms with E-state index in [1.165, 1.54) is 0 Å². The molecule has 4 heteroatoms. The predicted octanol–water partition coefficient (Wildman–Crippen LogP) is 2.33. The van der Waals surface area contributed by atoms with Crippen molar-refractivity contribution < 1.29 is 14.7 Å². The second-order valence-corrected chi connectivity index (χ2v) is 5.20. The van der Waals surface area contributed by atoms with Crippen LogP contribution in [0.1, 0.15) is 37.3 Å². The third-order valence-corrected chi connectivity index (χ3v) is 2.87. The number of aliphatic carboxylic acids is 1. The van der Waals surface area contributed by atoms with Crippen LogP contribution in [0.3, 0.4) is 0 Å². The van der Waals surface area contributed by atoms with Crippen molar-refractivity contribution in [1.82, 2.24) is 5.32 Å². The Morgan fingerprint density at radius 1 is 1.21 bits per heavy atom. The first-order chi connectivity index (χ1) is 8.90. The van der Waals surface area contributed by atoms with Gasteiger partial charge in [-0.2, -0.15) is 0 Å². The molecule has 0 aliphatic rings. The summed E-state index contributed by atoms with van der Waals surface area (Å²) in [5.74, 6) is -1.62. The van der Waals surface area contributed by atoms with E-state index in [2.05, 4.69) is 5.32 Å². The van der Waals surface area contributed by atoms with E-state index in [-0.39, 0.29) is 12.3 Å². The van der Waals surface area contributed by atoms with Gasteiger partial charge in [-0.05, 0) is 18.4 Å². The summed E-state index contributed by atoms with van der Waals surface area (Å²) < 4.78 is 0. The summed E-state index contributed by atoms with van der Waals surface area (Å²) in [5.41, 5.74) is 1.73. The Labute approximate surface area is 113 Å². The normalized spacial score (nSPS) is 12.2. The van der Waals surface area contributed by atoms with Crippen LogP contribution in [0.25, 0.3) is 0 Å². The SMILES string of the molecule is Cc1ccc(C(CC(=O)NCC(C)C)C(=O)O)cc1. The number of carbonyl (C=O) groups is 2. The molecule has 1 atom stereocenters. The van der Waals surface area contributed by atoms with E-state index in [0.29, 0.717) is 18.0 Å². The van der Waals surface area contributed by atoms with Crippen molar-refractivity contribution >= 4 is 11.9 Å². The molecule has 1 amide bonds. The van der Waals surface area contributed by atoms with Gasteiger partial charge in [-0.1, -0.05) is 43.7 Å². The monoisotopic (exact) mass is 263 g/mol. The first kappa shape index (κ1) is 15.2. The van der Waals surface area contributed by atoms with Gasteiger partial charge in [0.05, 0.1) is 5.92 Å². The molecule has 2 N–H and O–H groups in total. The van der Waals surface area contributed by atoms with E-state index in [1.54, 1.807) is 12.1 Å². The van der Waals surface area contributed by atoms with Crippen molar-refractivity contribution in [3.8, 4) is 0 Å². The van der Waals surface area contributed by atoms with Crippen LogP contribution in [0.2, 0.25) is 0 Å². The van der Waals surface area contributed by atoms with E-state index < -0.39 is 11.9 Å². The molecule has 0 bridgehead atoms. The van der Waals surface area contributed by atoms with Gasteiger partial charge in [0.2, 0.25) is 5.91 Å². The second kappa shape index (κ2) is 6.92. The van der Waals surface area contributed by atoms with Crippen LogP contribution >= 0.6 is 0 Å². The lowest BCUT2D eigenvalue weighted by atomic mass is 9.94. The molecule has 1 aromatic carbocycles. The summed E-state index contributed by atoms with van der Waals surface area (Å²) in [5, 5.41) is 12.0. The van der Waals surface area contributed by atoms with Gasteiger partial charge in [0, 0.05) is 13.0 Å². The Morgan fingerprint density at radius 3 is 2.26 bits per heavy atom. The van der Waals surface area contributed by atoms with Gasteiger partial charge in [0.1, 0.15) is 0 Å². The number of nitrogens with one attached hydrogen (secondary N) is 1. The Kier molecular flexibility index (Phi) is 5.55. The van der Waals surface area contributed by atoms with Crippen molar-refractivity contribution in [3.63, 3.8) is 0 Å². The molecule has 104 valence electrons. The number of hydrogen-bond acceptors (Lipinski definition) is 2. The third kappa shape index (κ3) is 5.12. The van der Waals surface area contributed by atoms with Crippen LogP contribution in [0.4, 0.5) is 0 Å². The molecular weight excluding hydrogens is 242 g/mol. The van der Waals surface area contributed by atoms with Crippen LogP contribution in [0, 0.1) is 12.8 Å². The molecule has 0 saturated heterocycles. The predicted molar refractivity (Wildman–Crippen MR) is 74.0 cm³/mol. The minimum absolute atomic E-state index is 0.0227. The van der Waals surface area contributed by atoms with Gasteiger partial charge in [0.15, 0.2) is 0 Å². The zero-order valence-electron chi connectivity index (χ0n) is 11.6. The Bertz CT molecular complexity index is 437. The fourth-order valence-corrected chi connectivity index (χ4v) is 1.72. The summed E-state index contributed by atoms with van der Waals surface area (Å²) in [6.45, 7) is 6.50. The molecule has 0 saturated carbocycles. The highest BCUT2D eigenvalue weighted by Crippen LogP contribution is 2.20. The summed E-state index contributed by atoms with van der Waals surface area (Å²) in [4.78, 5) is 23.0. The topological polar surface area (TPSA) is 66.4 Å². The van der Waals surface area contributed by atoms with E-state index in [0.717, 1.165) is 5.56 Å². The van der Waals surface area contributed by atoms with Crippen molar-refractivity contribution in [2.75, 3.05) is 6.54 Å². The highest BCUT2D eigenvalue weighted by atomic mass is 16.4. The molecule has 1 aromatic rings. The molecule has 1 rings (SSSR count). The highest BCUT2D eigenvalue weighted by molar-refractivity contribution is 5.85. The molecule has 0 heterocycles. The molecule has 1 unspecified atom stereocenters. The Morgan fingerprint density at radius 2 is 1.79 bits per heavy atom. The molecule has 0 aliphatic carbocycles. The van der Waals surface area contributed by atoms with Crippen molar-refractivity contribution in [2.45, 2.75) is 33.1 Å². The fourth-order valence-electron chi connectivity index (χ4n) is 1.72. The maximum atomic E-state index is 11.7. The van der Waals surface area contributed by atoms with E-state index >= 15 is 0 Å². The maximum Gasteiger partial charge on any atom is 0.311 e. The summed E-state index contributed by atoms with van der Waals surface area (Å²) >= 11 is 0. The molecule has 0 aliphatic heterocycles. The van der Waals surface area contributed by atoms with Gasteiger partial charge in [0.25, 0.3) is 0 Å². The summed E-state index contributed by atoms with van der Waals surface area (Å²) in [6, 6.07) is 7.25. The molecule has 0 aromatic heterocycles. The zero-order valence-corrected chi connectivity index (χ0v) is 11.6. The Balaban J connectivity index is 2.71. The lowest BCUT2D eigenvalue weighted by molar-refractivity contribution is -0.140. The smallest absolute Gasteiger partial charge is 0.311 e. The van der Waals surface area contributed by atoms with Crippen LogP contribution in [0.15, 0.2) is 24.3 Å². The second-order valence-electron chi connectivity index (χ2n) is 5.20. The van der Waals surface area contributed by atoms with E-state index in [1.807, 2.05) is 32.9 Å². The largest absolute Gasteiger partial charge is 0.481 e. The van der Waals surface area contributed by atoms with Crippen molar-refractivity contribution in [1.29, 1.82) is 0 Å². The molecule has 19 heavy (non-hydrogen) atoms. The highest BCUT2D eigenvalue weighted by Gasteiger charge is 2.23. The first-order valence-corrected chi connectivity index (χ1v) is 6.46. The first-order valence-electron chi connectivity index (χ1n) is 6.46. The number of benzene rings is 1. The lowest BCUT2D eigenvalue weighted by Crippen LogP contribution is -2.30. The number of aryl methyl sites for hydroxylation is 1. The average Bonchev–Trinajstić information content (AvgIpc) is 2.34. The molecule has 4 nitrogen and oxygen atoms in total. The Hall–Kier alpha value is -1.84. The lowest BCUT2D eigenvalue weighted by Gasteiger charge is -2.14. The van der Waals surface area contributed by atoms with Crippen LogP contribution in [0.5, 0.6) is 0 Å². The zero-order chi connectivity index (χ0) is 14.4. The van der Waals surface area contributed by atoms with Gasteiger partial charge >= 0.3 is 5.97 Å². The number of amides is 1. The summed E-state index contributed by atoms with van der Waals surface area (Å²) in [6.07, 6.45) is -0.0227. The van der Waals surface area contributed by atoms with Crippen LogP contribution in [-0.2, 0) is 9.59 Å². The summed E-state index contributed by atoms with van der Waals surface area (Å²) in [7, 11) is 0. The van der Waals surface area contributed by atoms with E-state index in [4.69, 9.17) is 0 Å². The third-order valence-electron chi connectivity index (χ3n) is 2.87. The molecule has 0 radical (unpaired) electrons. The number of hydrogen-bond donors (Lipinski definition) is 2. The number of carbonyl (C=O) groups excluding carboxylic acids is 1.